The third kappa shape index (κ3) is 0.556. The van der Waals surface area contributed by atoms with E-state index in [9.17, 15) is 0 Å². The van der Waals surface area contributed by atoms with Crippen molar-refractivity contribution in [1.82, 2.24) is 0 Å². The van der Waals surface area contributed by atoms with E-state index in [0.29, 0.717) is 22.9 Å². The first-order chi connectivity index (χ1) is 4.75. The van der Waals surface area contributed by atoms with Crippen LogP contribution in [0.25, 0.3) is 11.2 Å². The molecule has 0 amide bonds. The van der Waals surface area contributed by atoms with Crippen LogP contribution in [-0.2, 0) is 0 Å². The fourth-order valence-corrected chi connectivity index (χ4v) is 0.873. The normalized spacial score (nSPS) is 10.8. The van der Waals surface area contributed by atoms with E-state index in [1.807, 2.05) is 0 Å². The first-order valence-electron chi connectivity index (χ1n) is 2.80. The molecule has 2 aromatic rings. The minimum atomic E-state index is 0.341. The van der Waals surface area contributed by atoms with Crippen LogP contribution in [0.2, 0.25) is 0 Å². The van der Waals surface area contributed by atoms with E-state index >= 15 is 0 Å². The molecule has 4 nitrogen and oxygen atoms in total. The third-order valence-electron chi connectivity index (χ3n) is 1.25. The summed E-state index contributed by atoms with van der Waals surface area (Å²) in [5.74, 6) is 0.683. The van der Waals surface area contributed by atoms with Gasteiger partial charge in [0.25, 0.3) is 0 Å². The van der Waals surface area contributed by atoms with Gasteiger partial charge < -0.3 is 20.3 Å². The van der Waals surface area contributed by atoms with E-state index in [-0.39, 0.29) is 0 Å². The predicted octanol–water partition coefficient (Wildman–Crippen LogP) is 1.19. The molecule has 0 saturated heterocycles. The number of nitrogen functional groups attached to an aromatic ring is 2. The Kier molecular flexibility index (Phi) is 0.768. The van der Waals surface area contributed by atoms with Gasteiger partial charge in [0.05, 0.1) is 0 Å². The molecule has 0 aliphatic rings. The quantitative estimate of drug-likeness (QED) is 0.573. The average molecular weight is 138 g/mol. The van der Waals surface area contributed by atoms with Crippen molar-refractivity contribution in [3.8, 4) is 0 Å². The number of furan rings is 2. The van der Waals surface area contributed by atoms with E-state index in [4.69, 9.17) is 20.3 Å². The molecular formula is C6H6N2O2. The van der Waals surface area contributed by atoms with Gasteiger partial charge in [0.15, 0.2) is 22.9 Å². The highest BCUT2D eigenvalue weighted by molar-refractivity contribution is 5.77. The summed E-state index contributed by atoms with van der Waals surface area (Å²) in [4.78, 5) is 0. The zero-order valence-corrected chi connectivity index (χ0v) is 5.13. The molecule has 0 saturated carbocycles. The van der Waals surface area contributed by atoms with Gasteiger partial charge in [-0.1, -0.05) is 0 Å². The number of fused-ring (bicyclic) bond motifs is 1. The minimum Gasteiger partial charge on any atom is -0.437 e. The molecule has 0 aliphatic heterocycles. The second-order valence-electron chi connectivity index (χ2n) is 2.03. The molecule has 2 heterocycles. The summed E-state index contributed by atoms with van der Waals surface area (Å²) in [5.41, 5.74) is 11.8. The molecule has 0 aliphatic carbocycles. The molecule has 0 unspecified atom stereocenters. The smallest absolute Gasteiger partial charge is 0.194 e. The van der Waals surface area contributed by atoms with Gasteiger partial charge in [-0.05, 0) is 0 Å². The Labute approximate surface area is 56.4 Å². The molecule has 0 spiro atoms. The van der Waals surface area contributed by atoms with Gasteiger partial charge in [-0.15, -0.1) is 0 Å². The maximum Gasteiger partial charge on any atom is 0.194 e. The van der Waals surface area contributed by atoms with Crippen molar-refractivity contribution in [2.24, 2.45) is 0 Å². The van der Waals surface area contributed by atoms with Crippen LogP contribution in [0.5, 0.6) is 0 Å². The van der Waals surface area contributed by atoms with Gasteiger partial charge in [0, 0.05) is 12.1 Å². The maximum atomic E-state index is 5.32. The van der Waals surface area contributed by atoms with Gasteiger partial charge in [-0.2, -0.15) is 0 Å². The van der Waals surface area contributed by atoms with E-state index < -0.39 is 0 Å². The lowest BCUT2D eigenvalue weighted by atomic mass is 10.5. The number of anilines is 2. The molecule has 2 rings (SSSR count). The predicted molar refractivity (Wildman–Crippen MR) is 37.3 cm³/mol. The standard InChI is InChI=1S/C6H6N2O2/c7-5-1-3-4(10-5)2-6(8)9-3/h1-2H,7-8H2. The van der Waals surface area contributed by atoms with Gasteiger partial charge in [-0.3, -0.25) is 0 Å². The summed E-state index contributed by atoms with van der Waals surface area (Å²) in [5, 5.41) is 0. The molecule has 4 N–H and O–H groups in total. The molecule has 0 aromatic carbocycles. The summed E-state index contributed by atoms with van der Waals surface area (Å²) in [7, 11) is 0. The van der Waals surface area contributed by atoms with Crippen LogP contribution < -0.4 is 11.5 Å². The number of hydrogen-bond acceptors (Lipinski definition) is 4. The third-order valence-corrected chi connectivity index (χ3v) is 1.25. The number of nitrogens with two attached hydrogens (primary N) is 2. The lowest BCUT2D eigenvalue weighted by molar-refractivity contribution is 0.627. The number of rotatable bonds is 0. The van der Waals surface area contributed by atoms with Crippen LogP contribution >= 0.6 is 0 Å². The van der Waals surface area contributed by atoms with Crippen molar-refractivity contribution in [3.05, 3.63) is 12.1 Å². The summed E-state index contributed by atoms with van der Waals surface area (Å²) in [6.07, 6.45) is 0. The van der Waals surface area contributed by atoms with E-state index in [1.54, 1.807) is 12.1 Å². The molecule has 2 aromatic heterocycles. The zero-order valence-electron chi connectivity index (χ0n) is 5.13. The Morgan fingerprint density at radius 3 is 1.70 bits per heavy atom. The molecule has 10 heavy (non-hydrogen) atoms. The molecule has 4 heteroatoms. The monoisotopic (exact) mass is 138 g/mol. The Morgan fingerprint density at radius 1 is 0.900 bits per heavy atom. The summed E-state index contributed by atoms with van der Waals surface area (Å²) in [6.45, 7) is 0. The lowest BCUT2D eigenvalue weighted by Crippen LogP contribution is -1.78. The minimum absolute atomic E-state index is 0.341. The van der Waals surface area contributed by atoms with Crippen molar-refractivity contribution in [3.63, 3.8) is 0 Å². The van der Waals surface area contributed by atoms with Crippen molar-refractivity contribution >= 4 is 22.9 Å². The molecule has 0 atom stereocenters. The second-order valence-corrected chi connectivity index (χ2v) is 2.03. The van der Waals surface area contributed by atoms with Crippen LogP contribution in [0.4, 0.5) is 11.8 Å². The topological polar surface area (TPSA) is 78.3 Å². The summed E-state index contributed by atoms with van der Waals surface area (Å²) >= 11 is 0. The van der Waals surface area contributed by atoms with Gasteiger partial charge >= 0.3 is 0 Å². The Hall–Kier alpha value is -1.58. The number of hydrogen-bond donors (Lipinski definition) is 2. The molecule has 0 radical (unpaired) electrons. The van der Waals surface area contributed by atoms with Gasteiger partial charge in [0.1, 0.15) is 0 Å². The van der Waals surface area contributed by atoms with E-state index in [1.165, 1.54) is 0 Å². The fourth-order valence-electron chi connectivity index (χ4n) is 0.873. The maximum absolute atomic E-state index is 5.32. The molecular weight excluding hydrogens is 132 g/mol. The highest BCUT2D eigenvalue weighted by atomic mass is 16.4. The van der Waals surface area contributed by atoms with Crippen molar-refractivity contribution in [2.75, 3.05) is 11.5 Å². The first kappa shape index (κ1) is 5.22. The molecule has 52 valence electrons. The van der Waals surface area contributed by atoms with Crippen LogP contribution in [0, 0.1) is 0 Å². The van der Waals surface area contributed by atoms with Crippen LogP contribution in [0.3, 0.4) is 0 Å². The Bertz CT molecular complexity index is 298. The largest absolute Gasteiger partial charge is 0.437 e. The second kappa shape index (κ2) is 1.47. The van der Waals surface area contributed by atoms with E-state index in [0.717, 1.165) is 0 Å². The fraction of sp³-hybridized carbons (Fsp3) is 0. The van der Waals surface area contributed by atoms with Crippen molar-refractivity contribution < 1.29 is 8.83 Å². The zero-order chi connectivity index (χ0) is 7.14. The summed E-state index contributed by atoms with van der Waals surface area (Å²) in [6, 6.07) is 3.18. The lowest BCUT2D eigenvalue weighted by Gasteiger charge is -1.77. The first-order valence-corrected chi connectivity index (χ1v) is 2.80. The Morgan fingerprint density at radius 2 is 1.30 bits per heavy atom. The van der Waals surface area contributed by atoms with Crippen LogP contribution in [0.15, 0.2) is 21.0 Å². The highest BCUT2D eigenvalue weighted by Crippen LogP contribution is 2.25. The highest BCUT2D eigenvalue weighted by Gasteiger charge is 2.04. The molecule has 0 bridgehead atoms. The van der Waals surface area contributed by atoms with Crippen molar-refractivity contribution in [2.45, 2.75) is 0 Å². The van der Waals surface area contributed by atoms with Crippen LogP contribution in [-0.4, -0.2) is 0 Å². The van der Waals surface area contributed by atoms with Crippen LogP contribution in [0.1, 0.15) is 0 Å². The Balaban J connectivity index is 2.83. The van der Waals surface area contributed by atoms with Gasteiger partial charge in [0.2, 0.25) is 0 Å². The molecule has 0 fully saturated rings. The van der Waals surface area contributed by atoms with Gasteiger partial charge in [-0.25, -0.2) is 0 Å². The average Bonchev–Trinajstić information content (AvgIpc) is 2.21. The summed E-state index contributed by atoms with van der Waals surface area (Å²) < 4.78 is 9.99. The van der Waals surface area contributed by atoms with E-state index in [2.05, 4.69) is 0 Å². The SMILES string of the molecule is Nc1cc2oc(N)cc2o1. The van der Waals surface area contributed by atoms with Crippen molar-refractivity contribution in [1.29, 1.82) is 0 Å².